The molecule has 3 nitrogen and oxygen atoms in total. The van der Waals surface area contributed by atoms with E-state index in [4.69, 9.17) is 4.74 Å². The molecule has 0 fully saturated rings. The van der Waals surface area contributed by atoms with E-state index in [2.05, 4.69) is 22.3 Å². The molecule has 0 aromatic heterocycles. The van der Waals surface area contributed by atoms with Gasteiger partial charge >= 0.3 is 0 Å². The first kappa shape index (κ1) is 15.4. The van der Waals surface area contributed by atoms with Gasteiger partial charge in [-0.15, -0.1) is 12.4 Å². The highest BCUT2D eigenvalue weighted by atomic mass is 35.5. The van der Waals surface area contributed by atoms with Crippen molar-refractivity contribution in [2.24, 2.45) is 0 Å². The molecule has 0 radical (unpaired) electrons. The van der Waals surface area contributed by atoms with Crippen LogP contribution in [0.5, 0.6) is 5.75 Å². The Labute approximate surface area is 130 Å². The van der Waals surface area contributed by atoms with Gasteiger partial charge in [0.2, 0.25) is 0 Å². The highest BCUT2D eigenvalue weighted by Gasteiger charge is 2.15. The first-order chi connectivity index (χ1) is 9.83. The monoisotopic (exact) mass is 308 g/mol. The largest absolute Gasteiger partial charge is 0.492 e. The minimum atomic E-state index is -0.242. The number of anilines is 2. The number of halogens is 2. The molecule has 0 bridgehead atoms. The van der Waals surface area contributed by atoms with Gasteiger partial charge in [-0.3, -0.25) is 0 Å². The van der Waals surface area contributed by atoms with Crippen LogP contribution in [-0.2, 0) is 0 Å². The fourth-order valence-electron chi connectivity index (χ4n) is 2.38. The Hall–Kier alpha value is -1.94. The molecule has 21 heavy (non-hydrogen) atoms. The summed E-state index contributed by atoms with van der Waals surface area (Å²) in [5.74, 6) is 0.461. The predicted molar refractivity (Wildman–Crippen MR) is 86.3 cm³/mol. The van der Waals surface area contributed by atoms with Gasteiger partial charge in [-0.05, 0) is 36.4 Å². The number of rotatable bonds is 4. The van der Waals surface area contributed by atoms with E-state index in [1.54, 1.807) is 12.1 Å². The Bertz CT molecular complexity index is 577. The lowest BCUT2D eigenvalue weighted by atomic mass is 10.2. The van der Waals surface area contributed by atoms with E-state index in [9.17, 15) is 4.39 Å². The van der Waals surface area contributed by atoms with E-state index in [1.807, 2.05) is 12.1 Å². The number of fused-ring (bicyclic) bond motifs is 1. The van der Waals surface area contributed by atoms with Gasteiger partial charge in [0, 0.05) is 13.1 Å². The highest BCUT2D eigenvalue weighted by molar-refractivity contribution is 5.85. The second kappa shape index (κ2) is 7.18. The smallest absolute Gasteiger partial charge is 0.123 e. The van der Waals surface area contributed by atoms with E-state index in [-0.39, 0.29) is 18.2 Å². The molecule has 0 aliphatic carbocycles. The van der Waals surface area contributed by atoms with Gasteiger partial charge in [0.15, 0.2) is 0 Å². The molecule has 0 saturated carbocycles. The molecular weight excluding hydrogens is 291 g/mol. The number of nitrogens with one attached hydrogen (secondary N) is 1. The normalized spacial score (nSPS) is 12.9. The zero-order valence-corrected chi connectivity index (χ0v) is 12.4. The van der Waals surface area contributed by atoms with Crippen molar-refractivity contribution in [1.82, 2.24) is 0 Å². The van der Waals surface area contributed by atoms with Gasteiger partial charge in [-0.25, -0.2) is 4.39 Å². The van der Waals surface area contributed by atoms with Gasteiger partial charge in [0.1, 0.15) is 18.2 Å². The molecule has 2 aromatic carbocycles. The van der Waals surface area contributed by atoms with Crippen molar-refractivity contribution in [2.45, 2.75) is 0 Å². The standard InChI is InChI=1S/C16H17FN2O.ClH/c17-13-5-7-14(8-6-13)20-12-11-19-10-9-18-15-3-1-2-4-16(15)19;/h1-8,18H,9-12H2;1H. The summed E-state index contributed by atoms with van der Waals surface area (Å²) in [6.45, 7) is 3.30. The van der Waals surface area contributed by atoms with E-state index < -0.39 is 0 Å². The fraction of sp³-hybridized carbons (Fsp3) is 0.250. The van der Waals surface area contributed by atoms with Crippen LogP contribution in [0.2, 0.25) is 0 Å². The highest BCUT2D eigenvalue weighted by Crippen LogP contribution is 2.27. The summed E-state index contributed by atoms with van der Waals surface area (Å²) in [4.78, 5) is 2.30. The third kappa shape index (κ3) is 3.79. The Morgan fingerprint density at radius 3 is 2.67 bits per heavy atom. The van der Waals surface area contributed by atoms with Crippen LogP contribution >= 0.6 is 12.4 Å². The summed E-state index contributed by atoms with van der Waals surface area (Å²) in [5, 5.41) is 3.38. The van der Waals surface area contributed by atoms with Crippen LogP contribution in [0.1, 0.15) is 0 Å². The van der Waals surface area contributed by atoms with Crippen LogP contribution in [-0.4, -0.2) is 26.2 Å². The maximum atomic E-state index is 12.8. The van der Waals surface area contributed by atoms with Crippen molar-refractivity contribution in [2.75, 3.05) is 36.5 Å². The first-order valence-electron chi connectivity index (χ1n) is 6.79. The summed E-state index contributed by atoms with van der Waals surface area (Å²) >= 11 is 0. The SMILES string of the molecule is Cl.Fc1ccc(OCCN2CCNc3ccccc32)cc1. The molecule has 1 N–H and O–H groups in total. The first-order valence-corrected chi connectivity index (χ1v) is 6.79. The minimum absolute atomic E-state index is 0. The molecule has 112 valence electrons. The lowest BCUT2D eigenvalue weighted by molar-refractivity contribution is 0.323. The third-order valence-electron chi connectivity index (χ3n) is 3.39. The van der Waals surface area contributed by atoms with Crippen LogP contribution in [0.3, 0.4) is 0 Å². The van der Waals surface area contributed by atoms with E-state index in [0.29, 0.717) is 12.4 Å². The zero-order valence-electron chi connectivity index (χ0n) is 11.6. The van der Waals surface area contributed by atoms with Crippen molar-refractivity contribution in [3.63, 3.8) is 0 Å². The molecule has 3 rings (SSSR count). The Balaban J connectivity index is 0.00000161. The van der Waals surface area contributed by atoms with E-state index in [1.165, 1.54) is 23.5 Å². The fourth-order valence-corrected chi connectivity index (χ4v) is 2.38. The van der Waals surface area contributed by atoms with Crippen LogP contribution < -0.4 is 15.0 Å². The molecule has 0 unspecified atom stereocenters. The Morgan fingerprint density at radius 1 is 1.10 bits per heavy atom. The maximum absolute atomic E-state index is 12.8. The van der Waals surface area contributed by atoms with Gasteiger partial charge < -0.3 is 15.0 Å². The van der Waals surface area contributed by atoms with Gasteiger partial charge in [0.05, 0.1) is 17.9 Å². The van der Waals surface area contributed by atoms with Crippen LogP contribution in [0.25, 0.3) is 0 Å². The Kier molecular flexibility index (Phi) is 5.28. The third-order valence-corrected chi connectivity index (χ3v) is 3.39. The molecule has 0 saturated heterocycles. The van der Waals surface area contributed by atoms with Crippen molar-refractivity contribution < 1.29 is 9.13 Å². The van der Waals surface area contributed by atoms with Gasteiger partial charge in [0.25, 0.3) is 0 Å². The van der Waals surface area contributed by atoms with Crippen LogP contribution in [0.4, 0.5) is 15.8 Å². The quantitative estimate of drug-likeness (QED) is 0.934. The van der Waals surface area contributed by atoms with E-state index >= 15 is 0 Å². The van der Waals surface area contributed by atoms with Crippen LogP contribution in [0, 0.1) is 5.82 Å². The maximum Gasteiger partial charge on any atom is 0.123 e. The van der Waals surface area contributed by atoms with Crippen molar-refractivity contribution >= 4 is 23.8 Å². The summed E-state index contributed by atoms with van der Waals surface area (Å²) in [7, 11) is 0. The number of para-hydroxylation sites is 2. The zero-order chi connectivity index (χ0) is 13.8. The number of hydrogen-bond donors (Lipinski definition) is 1. The summed E-state index contributed by atoms with van der Waals surface area (Å²) in [6.07, 6.45) is 0. The average molecular weight is 309 g/mol. The second-order valence-electron chi connectivity index (χ2n) is 4.73. The summed E-state index contributed by atoms with van der Waals surface area (Å²) < 4.78 is 18.4. The average Bonchev–Trinajstić information content (AvgIpc) is 2.49. The van der Waals surface area contributed by atoms with Crippen molar-refractivity contribution in [1.29, 1.82) is 0 Å². The molecule has 1 aliphatic heterocycles. The second-order valence-corrected chi connectivity index (χ2v) is 4.73. The minimum Gasteiger partial charge on any atom is -0.492 e. The van der Waals surface area contributed by atoms with Gasteiger partial charge in [-0.2, -0.15) is 0 Å². The molecule has 0 spiro atoms. The summed E-state index contributed by atoms with van der Waals surface area (Å²) in [5.41, 5.74) is 2.38. The molecule has 1 aliphatic rings. The molecule has 1 heterocycles. The topological polar surface area (TPSA) is 24.5 Å². The Morgan fingerprint density at radius 2 is 1.86 bits per heavy atom. The lowest BCUT2D eigenvalue weighted by Gasteiger charge is -2.31. The van der Waals surface area contributed by atoms with Crippen LogP contribution in [0.15, 0.2) is 48.5 Å². The molecular formula is C16H18ClFN2O. The molecule has 2 aromatic rings. The molecule has 0 atom stereocenters. The number of ether oxygens (including phenoxy) is 1. The lowest BCUT2D eigenvalue weighted by Crippen LogP contribution is -2.36. The number of hydrogen-bond acceptors (Lipinski definition) is 3. The molecule has 5 heteroatoms. The molecule has 0 amide bonds. The number of benzene rings is 2. The van der Waals surface area contributed by atoms with Gasteiger partial charge in [-0.1, -0.05) is 12.1 Å². The van der Waals surface area contributed by atoms with Crippen molar-refractivity contribution in [3.8, 4) is 5.75 Å². The van der Waals surface area contributed by atoms with Crippen molar-refractivity contribution in [3.05, 3.63) is 54.3 Å². The predicted octanol–water partition coefficient (Wildman–Crippen LogP) is 3.56. The summed E-state index contributed by atoms with van der Waals surface area (Å²) in [6, 6.07) is 14.4. The number of nitrogens with zero attached hydrogens (tertiary/aromatic N) is 1. The van der Waals surface area contributed by atoms with E-state index in [0.717, 1.165) is 19.6 Å².